The van der Waals surface area contributed by atoms with Crippen molar-refractivity contribution in [3.63, 3.8) is 0 Å². The summed E-state index contributed by atoms with van der Waals surface area (Å²) in [6.07, 6.45) is 0.608. The maximum atomic E-state index is 12.9. The van der Waals surface area contributed by atoms with Crippen molar-refractivity contribution in [2.24, 2.45) is 0 Å². The fourth-order valence-corrected chi connectivity index (χ4v) is 4.27. The van der Waals surface area contributed by atoms with Crippen LogP contribution in [0.15, 0.2) is 47.4 Å². The average molecular weight is 420 g/mol. The second-order valence-corrected chi connectivity index (χ2v) is 8.14. The molecule has 1 fully saturated rings. The molecule has 0 spiro atoms. The summed E-state index contributed by atoms with van der Waals surface area (Å²) in [5.74, 6) is 0.281. The first-order valence-corrected chi connectivity index (χ1v) is 10.7. The number of ether oxygens (including phenoxy) is 3. The van der Waals surface area contributed by atoms with Crippen molar-refractivity contribution in [2.45, 2.75) is 24.3 Å². The Morgan fingerprint density at radius 3 is 2.69 bits per heavy atom. The second kappa shape index (κ2) is 9.25. The largest absolute Gasteiger partial charge is 0.496 e. The highest BCUT2D eigenvalue weighted by Gasteiger charge is 2.25. The van der Waals surface area contributed by atoms with E-state index in [0.29, 0.717) is 37.7 Å². The molecule has 1 aliphatic rings. The highest BCUT2D eigenvalue weighted by atomic mass is 32.2. The first-order chi connectivity index (χ1) is 13.9. The molecule has 2 aromatic carbocycles. The van der Waals surface area contributed by atoms with E-state index in [2.05, 4.69) is 10.0 Å². The van der Waals surface area contributed by atoms with Gasteiger partial charge in [0.15, 0.2) is 0 Å². The van der Waals surface area contributed by atoms with Gasteiger partial charge in [-0.25, -0.2) is 13.1 Å². The van der Waals surface area contributed by atoms with Crippen LogP contribution < -0.4 is 19.5 Å². The predicted molar refractivity (Wildman–Crippen MR) is 108 cm³/mol. The van der Waals surface area contributed by atoms with E-state index in [-0.39, 0.29) is 22.3 Å². The lowest BCUT2D eigenvalue weighted by Crippen LogP contribution is -2.35. The van der Waals surface area contributed by atoms with Gasteiger partial charge in [0.25, 0.3) is 5.91 Å². The molecule has 1 atom stereocenters. The standard InChI is InChI=1S/C20H24N2O6S/c1-3-28-19-7-5-4-6-17(19)21-20(23)16-12-15(8-9-18(16)26-2)29(24,25)22-14-10-11-27-13-14/h4-9,12,14,22H,3,10-11,13H2,1-2H3,(H,21,23). The Hall–Kier alpha value is -2.62. The van der Waals surface area contributed by atoms with Crippen molar-refractivity contribution < 1.29 is 27.4 Å². The van der Waals surface area contributed by atoms with Gasteiger partial charge in [-0.15, -0.1) is 0 Å². The van der Waals surface area contributed by atoms with E-state index in [1.807, 2.05) is 6.92 Å². The molecule has 2 N–H and O–H groups in total. The van der Waals surface area contributed by atoms with Gasteiger partial charge in [-0.3, -0.25) is 4.79 Å². The molecule has 2 aromatic rings. The molecular formula is C20H24N2O6S. The number of methoxy groups -OCH3 is 1. The Balaban J connectivity index is 1.88. The summed E-state index contributed by atoms with van der Waals surface area (Å²) in [7, 11) is -2.39. The van der Waals surface area contributed by atoms with Crippen molar-refractivity contribution in [1.82, 2.24) is 4.72 Å². The van der Waals surface area contributed by atoms with Gasteiger partial charge in [0.05, 0.1) is 36.5 Å². The smallest absolute Gasteiger partial charge is 0.259 e. The van der Waals surface area contributed by atoms with Crippen LogP contribution in [0.3, 0.4) is 0 Å². The Bertz CT molecular complexity index is 971. The van der Waals surface area contributed by atoms with Crippen LogP contribution in [0.5, 0.6) is 11.5 Å². The molecule has 29 heavy (non-hydrogen) atoms. The van der Waals surface area contributed by atoms with Gasteiger partial charge in [-0.05, 0) is 43.7 Å². The zero-order valence-electron chi connectivity index (χ0n) is 16.3. The lowest BCUT2D eigenvalue weighted by atomic mass is 10.1. The zero-order valence-corrected chi connectivity index (χ0v) is 17.1. The summed E-state index contributed by atoms with van der Waals surface area (Å²) in [5, 5.41) is 2.76. The lowest BCUT2D eigenvalue weighted by molar-refractivity contribution is 0.102. The third-order valence-electron chi connectivity index (χ3n) is 4.41. The molecular weight excluding hydrogens is 396 g/mol. The van der Waals surface area contributed by atoms with E-state index in [9.17, 15) is 13.2 Å². The normalized spacial score (nSPS) is 16.4. The minimum absolute atomic E-state index is 0.0200. The van der Waals surface area contributed by atoms with Crippen LogP contribution >= 0.6 is 0 Å². The van der Waals surface area contributed by atoms with Crippen molar-refractivity contribution in [3.8, 4) is 11.5 Å². The molecule has 0 saturated carbocycles. The first-order valence-electron chi connectivity index (χ1n) is 9.26. The summed E-state index contributed by atoms with van der Waals surface area (Å²) in [6, 6.07) is 10.9. The van der Waals surface area contributed by atoms with E-state index in [0.717, 1.165) is 0 Å². The van der Waals surface area contributed by atoms with Crippen LogP contribution in [0, 0.1) is 0 Å². The fraction of sp³-hybridized carbons (Fsp3) is 0.350. The summed E-state index contributed by atoms with van der Waals surface area (Å²) >= 11 is 0. The van der Waals surface area contributed by atoms with Crippen LogP contribution in [0.1, 0.15) is 23.7 Å². The number of amides is 1. The van der Waals surface area contributed by atoms with Gasteiger partial charge >= 0.3 is 0 Å². The number of rotatable bonds is 8. The van der Waals surface area contributed by atoms with Crippen LogP contribution in [-0.4, -0.2) is 47.3 Å². The van der Waals surface area contributed by atoms with E-state index in [1.54, 1.807) is 24.3 Å². The number of carbonyl (C=O) groups excluding carboxylic acids is 1. The van der Waals surface area contributed by atoms with Gasteiger partial charge < -0.3 is 19.5 Å². The second-order valence-electron chi connectivity index (χ2n) is 6.43. The van der Waals surface area contributed by atoms with Crippen LogP contribution in [-0.2, 0) is 14.8 Å². The van der Waals surface area contributed by atoms with E-state index in [1.165, 1.54) is 25.3 Å². The van der Waals surface area contributed by atoms with E-state index >= 15 is 0 Å². The average Bonchev–Trinajstić information content (AvgIpc) is 3.21. The predicted octanol–water partition coefficient (Wildman–Crippen LogP) is 2.41. The summed E-state index contributed by atoms with van der Waals surface area (Å²) in [5.41, 5.74) is 0.584. The maximum absolute atomic E-state index is 12.9. The molecule has 0 aliphatic carbocycles. The quantitative estimate of drug-likeness (QED) is 0.680. The van der Waals surface area contributed by atoms with Gasteiger partial charge in [-0.1, -0.05) is 12.1 Å². The van der Waals surface area contributed by atoms with Gasteiger partial charge in [0, 0.05) is 12.6 Å². The number of hydrogen-bond acceptors (Lipinski definition) is 6. The molecule has 0 bridgehead atoms. The Morgan fingerprint density at radius 1 is 1.21 bits per heavy atom. The first kappa shape index (κ1) is 21.1. The van der Waals surface area contributed by atoms with Crippen LogP contribution in [0.4, 0.5) is 5.69 Å². The lowest BCUT2D eigenvalue weighted by Gasteiger charge is -2.15. The Kier molecular flexibility index (Phi) is 6.73. The molecule has 3 rings (SSSR count). The zero-order chi connectivity index (χ0) is 20.9. The molecule has 1 unspecified atom stereocenters. The summed E-state index contributed by atoms with van der Waals surface area (Å²) in [4.78, 5) is 12.9. The van der Waals surface area contributed by atoms with Crippen molar-refractivity contribution in [3.05, 3.63) is 48.0 Å². The number of hydrogen-bond donors (Lipinski definition) is 2. The Labute approximate surface area is 170 Å². The summed E-state index contributed by atoms with van der Waals surface area (Å²) < 4.78 is 44.0. The molecule has 9 heteroatoms. The number of anilines is 1. The van der Waals surface area contributed by atoms with Crippen LogP contribution in [0.2, 0.25) is 0 Å². The van der Waals surface area contributed by atoms with E-state index < -0.39 is 15.9 Å². The van der Waals surface area contributed by atoms with Crippen molar-refractivity contribution in [2.75, 3.05) is 32.2 Å². The van der Waals surface area contributed by atoms with Crippen molar-refractivity contribution >= 4 is 21.6 Å². The third kappa shape index (κ3) is 5.06. The molecule has 156 valence electrons. The number of nitrogens with one attached hydrogen (secondary N) is 2. The molecule has 0 radical (unpaired) electrons. The minimum Gasteiger partial charge on any atom is -0.496 e. The fourth-order valence-electron chi connectivity index (χ4n) is 2.99. The van der Waals surface area contributed by atoms with Gasteiger partial charge in [0.2, 0.25) is 10.0 Å². The Morgan fingerprint density at radius 2 is 2.00 bits per heavy atom. The number of carbonyl (C=O) groups is 1. The van der Waals surface area contributed by atoms with Crippen molar-refractivity contribution in [1.29, 1.82) is 0 Å². The topological polar surface area (TPSA) is 103 Å². The van der Waals surface area contributed by atoms with Gasteiger partial charge in [0.1, 0.15) is 11.5 Å². The highest BCUT2D eigenvalue weighted by Crippen LogP contribution is 2.27. The SMILES string of the molecule is CCOc1ccccc1NC(=O)c1cc(S(=O)(=O)NC2CCOC2)ccc1OC. The van der Waals surface area contributed by atoms with Crippen LogP contribution in [0.25, 0.3) is 0 Å². The molecule has 0 aromatic heterocycles. The molecule has 1 aliphatic heterocycles. The number of para-hydroxylation sites is 2. The van der Waals surface area contributed by atoms with E-state index in [4.69, 9.17) is 14.2 Å². The van der Waals surface area contributed by atoms with Gasteiger partial charge in [-0.2, -0.15) is 0 Å². The molecule has 8 nitrogen and oxygen atoms in total. The highest BCUT2D eigenvalue weighted by molar-refractivity contribution is 7.89. The minimum atomic E-state index is -3.80. The maximum Gasteiger partial charge on any atom is 0.259 e. The third-order valence-corrected chi connectivity index (χ3v) is 5.93. The molecule has 1 saturated heterocycles. The molecule has 1 heterocycles. The monoisotopic (exact) mass is 420 g/mol. The number of benzene rings is 2. The number of sulfonamides is 1. The summed E-state index contributed by atoms with van der Waals surface area (Å²) in [6.45, 7) is 3.14. The molecule has 1 amide bonds.